The zero-order valence-corrected chi connectivity index (χ0v) is 16.1. The highest BCUT2D eigenvalue weighted by Crippen LogP contribution is 2.61. The van der Waals surface area contributed by atoms with Crippen molar-refractivity contribution in [2.75, 3.05) is 0 Å². The second kappa shape index (κ2) is 5.76. The molecule has 0 aromatic carbocycles. The predicted octanol–water partition coefficient (Wildman–Crippen LogP) is 6.04. The predicted molar refractivity (Wildman–Crippen MR) is 98.3 cm³/mol. The smallest absolute Gasteiger partial charge is 0.0611 e. The van der Waals surface area contributed by atoms with Crippen LogP contribution in [0.25, 0.3) is 0 Å². The topological polar surface area (TPSA) is 20.2 Å². The summed E-state index contributed by atoms with van der Waals surface area (Å²) in [6.45, 7) is 14.2. The summed E-state index contributed by atoms with van der Waals surface area (Å²) in [6, 6.07) is 0. The van der Waals surface area contributed by atoms with Gasteiger partial charge in [-0.25, -0.2) is 0 Å². The van der Waals surface area contributed by atoms with Gasteiger partial charge in [-0.1, -0.05) is 56.9 Å². The maximum atomic E-state index is 11.1. The van der Waals surface area contributed by atoms with Crippen molar-refractivity contribution in [2.24, 2.45) is 22.7 Å². The van der Waals surface area contributed by atoms with E-state index in [1.807, 2.05) is 0 Å². The molecule has 0 bridgehead atoms. The highest BCUT2D eigenvalue weighted by atomic mass is 16.3. The molecule has 0 heterocycles. The molecule has 3 rings (SSSR count). The number of aliphatic hydroxyl groups is 1. The lowest BCUT2D eigenvalue weighted by atomic mass is 9.59. The van der Waals surface area contributed by atoms with E-state index in [0.717, 1.165) is 6.42 Å². The first-order chi connectivity index (χ1) is 10.7. The van der Waals surface area contributed by atoms with E-state index in [2.05, 4.69) is 41.5 Å². The van der Waals surface area contributed by atoms with Crippen LogP contribution in [0.2, 0.25) is 0 Å². The normalized spacial score (nSPS) is 41.2. The van der Waals surface area contributed by atoms with E-state index in [1.165, 1.54) is 38.5 Å². The maximum Gasteiger partial charge on any atom is 0.0611 e. The quantitative estimate of drug-likeness (QED) is 0.616. The van der Waals surface area contributed by atoms with Crippen molar-refractivity contribution in [1.82, 2.24) is 0 Å². The van der Waals surface area contributed by atoms with Gasteiger partial charge in [-0.3, -0.25) is 0 Å². The van der Waals surface area contributed by atoms with Crippen LogP contribution in [0, 0.1) is 22.7 Å². The summed E-state index contributed by atoms with van der Waals surface area (Å²) in [6.07, 6.45) is 8.20. The molecule has 130 valence electrons. The van der Waals surface area contributed by atoms with Crippen molar-refractivity contribution in [3.63, 3.8) is 0 Å². The molecule has 0 aliphatic heterocycles. The zero-order chi connectivity index (χ0) is 17.0. The third kappa shape index (κ3) is 2.46. The molecule has 0 radical (unpaired) electrons. The minimum absolute atomic E-state index is 0.183. The summed E-state index contributed by atoms with van der Waals surface area (Å²) in [5, 5.41) is 11.1. The molecule has 0 amide bonds. The Labute approximate surface area is 143 Å². The van der Waals surface area contributed by atoms with E-state index in [9.17, 15) is 5.11 Å². The van der Waals surface area contributed by atoms with Gasteiger partial charge in [0.25, 0.3) is 0 Å². The summed E-state index contributed by atoms with van der Waals surface area (Å²) >= 11 is 0. The first-order valence-corrected chi connectivity index (χ1v) is 9.84. The van der Waals surface area contributed by atoms with Crippen LogP contribution >= 0.6 is 0 Å². The van der Waals surface area contributed by atoms with Crippen molar-refractivity contribution < 1.29 is 5.11 Å². The van der Waals surface area contributed by atoms with Crippen LogP contribution in [-0.4, -0.2) is 11.2 Å². The third-order valence-electron chi connectivity index (χ3n) is 7.88. The lowest BCUT2D eigenvalue weighted by molar-refractivity contribution is 0.0287. The fourth-order valence-corrected chi connectivity index (χ4v) is 6.13. The molecule has 3 aliphatic carbocycles. The molecule has 0 saturated heterocycles. The molecule has 1 N–H and O–H groups in total. The molecule has 1 saturated carbocycles. The molecule has 1 unspecified atom stereocenters. The number of fused-ring (bicyclic) bond motifs is 2. The molecule has 1 fully saturated rings. The van der Waals surface area contributed by atoms with Gasteiger partial charge < -0.3 is 5.11 Å². The fourth-order valence-electron chi connectivity index (χ4n) is 6.13. The van der Waals surface area contributed by atoms with E-state index in [4.69, 9.17) is 0 Å². The van der Waals surface area contributed by atoms with Crippen LogP contribution in [-0.2, 0) is 0 Å². The van der Waals surface area contributed by atoms with E-state index < -0.39 is 0 Å². The van der Waals surface area contributed by atoms with Crippen LogP contribution in [0.1, 0.15) is 86.5 Å². The lowest BCUT2D eigenvalue weighted by Crippen LogP contribution is -2.41. The van der Waals surface area contributed by atoms with Gasteiger partial charge >= 0.3 is 0 Å². The van der Waals surface area contributed by atoms with Crippen LogP contribution in [0.15, 0.2) is 22.3 Å². The van der Waals surface area contributed by atoms with Gasteiger partial charge in [-0.2, -0.15) is 0 Å². The van der Waals surface area contributed by atoms with Crippen molar-refractivity contribution in [2.45, 2.75) is 92.6 Å². The summed E-state index contributed by atoms with van der Waals surface area (Å²) in [5.41, 5.74) is 7.17. The molecule has 0 aromatic rings. The van der Waals surface area contributed by atoms with Gasteiger partial charge in [0.15, 0.2) is 0 Å². The monoisotopic (exact) mass is 316 g/mol. The summed E-state index contributed by atoms with van der Waals surface area (Å²) in [5.74, 6) is 1.01. The number of aliphatic hydroxyl groups excluding tert-OH is 1. The highest BCUT2D eigenvalue weighted by molar-refractivity contribution is 5.38. The van der Waals surface area contributed by atoms with Gasteiger partial charge in [0.1, 0.15) is 0 Å². The third-order valence-corrected chi connectivity index (χ3v) is 7.88. The van der Waals surface area contributed by atoms with Gasteiger partial charge in [0.2, 0.25) is 0 Å². The molecular formula is C22H36O. The van der Waals surface area contributed by atoms with E-state index in [0.29, 0.717) is 17.3 Å². The molecule has 4 atom stereocenters. The minimum atomic E-state index is -0.183. The fraction of sp³-hybridized carbons (Fsp3) is 0.818. The number of rotatable bonds is 2. The van der Waals surface area contributed by atoms with Crippen molar-refractivity contribution in [1.29, 1.82) is 0 Å². The second-order valence-corrected chi connectivity index (χ2v) is 9.22. The lowest BCUT2D eigenvalue weighted by Gasteiger charge is -2.47. The van der Waals surface area contributed by atoms with Crippen LogP contribution in [0.5, 0.6) is 0 Å². The largest absolute Gasteiger partial charge is 0.392 e. The minimum Gasteiger partial charge on any atom is -0.392 e. The van der Waals surface area contributed by atoms with Crippen molar-refractivity contribution in [3.8, 4) is 0 Å². The zero-order valence-electron chi connectivity index (χ0n) is 16.1. The second-order valence-electron chi connectivity index (χ2n) is 9.22. The molecule has 1 heteroatoms. The van der Waals surface area contributed by atoms with E-state index in [-0.39, 0.29) is 11.5 Å². The van der Waals surface area contributed by atoms with Crippen LogP contribution < -0.4 is 0 Å². The average Bonchev–Trinajstić information content (AvgIpc) is 2.98. The number of hydrogen-bond acceptors (Lipinski definition) is 1. The van der Waals surface area contributed by atoms with Crippen molar-refractivity contribution in [3.05, 3.63) is 22.3 Å². The maximum absolute atomic E-state index is 11.1. The summed E-state index contributed by atoms with van der Waals surface area (Å²) < 4.78 is 0. The Morgan fingerprint density at radius 1 is 1.17 bits per heavy atom. The molecule has 23 heavy (non-hydrogen) atoms. The highest BCUT2D eigenvalue weighted by Gasteiger charge is 2.51. The molecular weight excluding hydrogens is 280 g/mol. The molecule has 0 aromatic heterocycles. The van der Waals surface area contributed by atoms with Crippen LogP contribution in [0.3, 0.4) is 0 Å². The molecule has 1 nitrogen and oxygen atoms in total. The summed E-state index contributed by atoms with van der Waals surface area (Å²) in [7, 11) is 0. The Kier molecular flexibility index (Phi) is 4.32. The van der Waals surface area contributed by atoms with E-state index in [1.54, 1.807) is 22.3 Å². The first-order valence-electron chi connectivity index (χ1n) is 9.84. The van der Waals surface area contributed by atoms with Gasteiger partial charge in [0, 0.05) is 0 Å². The van der Waals surface area contributed by atoms with Gasteiger partial charge in [-0.15, -0.1) is 0 Å². The summed E-state index contributed by atoms with van der Waals surface area (Å²) in [4.78, 5) is 0. The first kappa shape index (κ1) is 17.3. The number of allylic oxidation sites excluding steroid dienone is 3. The molecule has 0 spiro atoms. The molecule has 3 aliphatic rings. The SMILES string of the molecule is CCC12CCC(C)=C1C[C@@]1(C)CCC(C(C)C)=C1C[C@H](O)[C@@H]2C. The average molecular weight is 317 g/mol. The Morgan fingerprint density at radius 2 is 1.87 bits per heavy atom. The van der Waals surface area contributed by atoms with Crippen LogP contribution in [0.4, 0.5) is 0 Å². The van der Waals surface area contributed by atoms with Crippen molar-refractivity contribution >= 4 is 0 Å². The van der Waals surface area contributed by atoms with Gasteiger partial charge in [-0.05, 0) is 74.5 Å². The van der Waals surface area contributed by atoms with E-state index >= 15 is 0 Å². The Hall–Kier alpha value is -0.560. The Morgan fingerprint density at radius 3 is 2.48 bits per heavy atom. The number of hydrogen-bond donors (Lipinski definition) is 1. The Bertz CT molecular complexity index is 552. The Balaban J connectivity index is 2.12. The standard InChI is InChI=1S/C22H36O/c1-7-22-11-8-15(4)19(22)13-21(6)10-9-17(14(2)3)18(21)12-20(23)16(22)5/h14,16,20,23H,7-13H2,1-6H3/t16-,20-,21+,22?/m0/s1. The van der Waals surface area contributed by atoms with Gasteiger partial charge in [0.05, 0.1) is 6.10 Å².